The van der Waals surface area contributed by atoms with Gasteiger partial charge in [0.2, 0.25) is 0 Å². The third-order valence-electron chi connectivity index (χ3n) is 4.94. The summed E-state index contributed by atoms with van der Waals surface area (Å²) in [7, 11) is 0. The van der Waals surface area contributed by atoms with Gasteiger partial charge in [0.15, 0.2) is 0 Å². The number of benzene rings is 3. The van der Waals surface area contributed by atoms with E-state index in [1.807, 2.05) is 77.5 Å². The first-order chi connectivity index (χ1) is 14.2. The molecule has 1 N–H and O–H groups in total. The van der Waals surface area contributed by atoms with Crippen molar-refractivity contribution in [3.05, 3.63) is 101 Å². The third kappa shape index (κ3) is 3.19. The minimum Gasteiger partial charge on any atom is -0.320 e. The van der Waals surface area contributed by atoms with Crippen molar-refractivity contribution in [2.75, 3.05) is 5.32 Å². The summed E-state index contributed by atoms with van der Waals surface area (Å²) in [5.41, 5.74) is 3.93. The lowest BCUT2D eigenvalue weighted by molar-refractivity contribution is 0.102. The second-order valence-corrected chi connectivity index (χ2v) is 7.66. The van der Waals surface area contributed by atoms with E-state index in [1.54, 1.807) is 6.20 Å². The summed E-state index contributed by atoms with van der Waals surface area (Å²) in [6.07, 6.45) is 3.72. The van der Waals surface area contributed by atoms with Crippen LogP contribution in [0.4, 0.5) is 5.69 Å². The van der Waals surface area contributed by atoms with Crippen molar-refractivity contribution in [2.24, 2.45) is 0 Å². The summed E-state index contributed by atoms with van der Waals surface area (Å²) in [4.78, 5) is 17.6. The Bertz CT molecular complexity index is 1370. The number of nitrogens with one attached hydrogen (secondary N) is 1. The average molecular weight is 442 g/mol. The fourth-order valence-corrected chi connectivity index (χ4v) is 3.93. The minimum atomic E-state index is -0.171. The van der Waals surface area contributed by atoms with Gasteiger partial charge in [0, 0.05) is 27.6 Å². The maximum atomic E-state index is 13.2. The molecule has 5 heteroatoms. The molecule has 0 saturated heterocycles. The van der Waals surface area contributed by atoms with Crippen molar-refractivity contribution in [1.82, 2.24) is 9.55 Å². The van der Waals surface area contributed by atoms with Crippen LogP contribution >= 0.6 is 15.9 Å². The summed E-state index contributed by atoms with van der Waals surface area (Å²) < 4.78 is 3.03. The Morgan fingerprint density at radius 2 is 1.76 bits per heavy atom. The number of aromatic nitrogens is 2. The van der Waals surface area contributed by atoms with Crippen LogP contribution in [0.2, 0.25) is 0 Å². The molecule has 3 aromatic carbocycles. The third-order valence-corrected chi connectivity index (χ3v) is 5.44. The van der Waals surface area contributed by atoms with Gasteiger partial charge < -0.3 is 9.88 Å². The van der Waals surface area contributed by atoms with Crippen LogP contribution < -0.4 is 5.32 Å². The van der Waals surface area contributed by atoms with Gasteiger partial charge in [0.25, 0.3) is 5.91 Å². The largest absolute Gasteiger partial charge is 0.320 e. The van der Waals surface area contributed by atoms with Crippen molar-refractivity contribution < 1.29 is 4.79 Å². The smallest absolute Gasteiger partial charge is 0.257 e. The first-order valence-corrected chi connectivity index (χ1v) is 10.0. The van der Waals surface area contributed by atoms with Gasteiger partial charge in [-0.25, -0.2) is 0 Å². The number of nitrogens with zero attached hydrogens (tertiary/aromatic N) is 2. The zero-order chi connectivity index (χ0) is 19.8. The van der Waals surface area contributed by atoms with Gasteiger partial charge in [-0.05, 0) is 42.5 Å². The van der Waals surface area contributed by atoms with E-state index in [1.165, 1.54) is 0 Å². The maximum absolute atomic E-state index is 13.2. The number of hydrogen-bond donors (Lipinski definition) is 1. The molecule has 0 aliphatic heterocycles. The number of amides is 1. The molecule has 0 aliphatic carbocycles. The van der Waals surface area contributed by atoms with Crippen molar-refractivity contribution in [1.29, 1.82) is 0 Å². The molecule has 1 amide bonds. The molecule has 2 heterocycles. The normalized spacial score (nSPS) is 11.1. The zero-order valence-corrected chi connectivity index (χ0v) is 16.9. The van der Waals surface area contributed by atoms with Crippen LogP contribution in [0.1, 0.15) is 10.4 Å². The summed E-state index contributed by atoms with van der Waals surface area (Å²) in [6, 6.07) is 25.4. The number of halogens is 1. The molecule has 0 fully saturated rings. The van der Waals surface area contributed by atoms with Crippen molar-refractivity contribution in [3.63, 3.8) is 0 Å². The first-order valence-electron chi connectivity index (χ1n) is 9.22. The van der Waals surface area contributed by atoms with Gasteiger partial charge >= 0.3 is 0 Å². The lowest BCUT2D eigenvalue weighted by Crippen LogP contribution is -2.15. The highest BCUT2D eigenvalue weighted by molar-refractivity contribution is 9.10. The predicted molar refractivity (Wildman–Crippen MR) is 121 cm³/mol. The maximum Gasteiger partial charge on any atom is 0.257 e. The van der Waals surface area contributed by atoms with Gasteiger partial charge in [0.05, 0.1) is 28.0 Å². The van der Waals surface area contributed by atoms with E-state index in [0.717, 1.165) is 32.0 Å². The van der Waals surface area contributed by atoms with Gasteiger partial charge in [0.1, 0.15) is 0 Å². The molecule has 4 nitrogen and oxygen atoms in total. The number of carbonyl (C=O) groups excluding carboxylic acids is 1. The molecule has 0 radical (unpaired) electrons. The molecule has 2 aromatic heterocycles. The van der Waals surface area contributed by atoms with Crippen LogP contribution in [0.5, 0.6) is 0 Å². The number of rotatable bonds is 3. The molecule has 0 spiro atoms. The number of anilines is 1. The molecule has 0 atom stereocenters. The van der Waals surface area contributed by atoms with Gasteiger partial charge in [-0.1, -0.05) is 52.3 Å². The fraction of sp³-hybridized carbons (Fsp3) is 0. The van der Waals surface area contributed by atoms with Crippen LogP contribution in [0.25, 0.3) is 27.5 Å². The molecule has 0 aliphatic rings. The molecule has 5 aromatic rings. The lowest BCUT2D eigenvalue weighted by atomic mass is 10.1. The molecule has 29 heavy (non-hydrogen) atoms. The number of hydrogen-bond acceptors (Lipinski definition) is 2. The Morgan fingerprint density at radius 1 is 0.897 bits per heavy atom. The van der Waals surface area contributed by atoms with E-state index < -0.39 is 0 Å². The van der Waals surface area contributed by atoms with Crippen LogP contribution in [0.15, 0.2) is 95.7 Å². The van der Waals surface area contributed by atoms with E-state index in [2.05, 4.69) is 38.4 Å². The summed E-state index contributed by atoms with van der Waals surface area (Å²) in [6.45, 7) is 0. The van der Waals surface area contributed by atoms with Crippen molar-refractivity contribution in [2.45, 2.75) is 0 Å². The molecule has 0 bridgehead atoms. The topological polar surface area (TPSA) is 46.9 Å². The lowest BCUT2D eigenvalue weighted by Gasteiger charge is -2.13. The Balaban J connectivity index is 1.58. The zero-order valence-electron chi connectivity index (χ0n) is 15.3. The molecule has 0 saturated carbocycles. The van der Waals surface area contributed by atoms with Crippen LogP contribution in [0, 0.1) is 0 Å². The fourth-order valence-electron chi connectivity index (χ4n) is 3.58. The Hall–Kier alpha value is -3.44. The summed E-state index contributed by atoms with van der Waals surface area (Å²) in [5.74, 6) is -0.171. The molecule has 5 rings (SSSR count). The number of pyridine rings is 1. The van der Waals surface area contributed by atoms with E-state index in [-0.39, 0.29) is 5.91 Å². The molecular formula is C24H16BrN3O. The molecule has 0 unspecified atom stereocenters. The minimum absolute atomic E-state index is 0.171. The molecular weight excluding hydrogens is 426 g/mol. The van der Waals surface area contributed by atoms with Crippen LogP contribution in [0.3, 0.4) is 0 Å². The van der Waals surface area contributed by atoms with Gasteiger partial charge in [-0.3, -0.25) is 9.78 Å². The van der Waals surface area contributed by atoms with Crippen molar-refractivity contribution >= 4 is 49.3 Å². The van der Waals surface area contributed by atoms with Crippen LogP contribution in [-0.4, -0.2) is 15.5 Å². The SMILES string of the molecule is O=C(Nc1cccc2cccnc12)c1ccccc1-n1ccc2ccc(Br)cc21. The molecule has 140 valence electrons. The van der Waals surface area contributed by atoms with Gasteiger partial charge in [-0.2, -0.15) is 0 Å². The standard InChI is InChI=1S/C24H16BrN3O/c25-18-11-10-16-12-14-28(22(16)15-18)21-9-2-1-7-19(21)24(29)27-20-8-3-5-17-6-4-13-26-23(17)20/h1-15H,(H,27,29). The van der Waals surface area contributed by atoms with E-state index in [4.69, 9.17) is 0 Å². The Morgan fingerprint density at radius 3 is 2.69 bits per heavy atom. The summed E-state index contributed by atoms with van der Waals surface area (Å²) in [5, 5.41) is 5.14. The number of para-hydroxylation sites is 2. The predicted octanol–water partition coefficient (Wildman–Crippen LogP) is 6.19. The monoisotopic (exact) mass is 441 g/mol. The second kappa shape index (κ2) is 7.18. The van der Waals surface area contributed by atoms with E-state index in [0.29, 0.717) is 11.3 Å². The quantitative estimate of drug-likeness (QED) is 0.362. The average Bonchev–Trinajstić information content (AvgIpc) is 3.17. The second-order valence-electron chi connectivity index (χ2n) is 6.74. The Labute approximate surface area is 175 Å². The van der Waals surface area contributed by atoms with E-state index >= 15 is 0 Å². The van der Waals surface area contributed by atoms with E-state index in [9.17, 15) is 4.79 Å². The number of fused-ring (bicyclic) bond motifs is 2. The highest BCUT2D eigenvalue weighted by atomic mass is 79.9. The highest BCUT2D eigenvalue weighted by Gasteiger charge is 2.15. The van der Waals surface area contributed by atoms with Crippen molar-refractivity contribution in [3.8, 4) is 5.69 Å². The first kappa shape index (κ1) is 17.6. The Kier molecular flexibility index (Phi) is 4.37. The van der Waals surface area contributed by atoms with Crippen LogP contribution in [-0.2, 0) is 0 Å². The summed E-state index contributed by atoms with van der Waals surface area (Å²) >= 11 is 3.54. The van der Waals surface area contributed by atoms with Gasteiger partial charge in [-0.15, -0.1) is 0 Å². The highest BCUT2D eigenvalue weighted by Crippen LogP contribution is 2.27. The number of carbonyl (C=O) groups is 1.